The lowest BCUT2D eigenvalue weighted by Crippen LogP contribution is -2.28. The van der Waals surface area contributed by atoms with Crippen molar-refractivity contribution >= 4 is 11.7 Å². The number of aromatic nitrogens is 2. The first-order chi connectivity index (χ1) is 9.13. The zero-order valence-electron chi connectivity index (χ0n) is 12.1. The monoisotopic (exact) mass is 264 g/mol. The van der Waals surface area contributed by atoms with Crippen LogP contribution in [-0.2, 0) is 0 Å². The van der Waals surface area contributed by atoms with Crippen LogP contribution in [-0.4, -0.2) is 29.0 Å². The quantitative estimate of drug-likeness (QED) is 0.708. The first kappa shape index (κ1) is 15.4. The maximum Gasteiger partial charge on any atom is 0.271 e. The van der Waals surface area contributed by atoms with Crippen molar-refractivity contribution in [1.82, 2.24) is 15.3 Å². The highest BCUT2D eigenvalue weighted by atomic mass is 16.1. The van der Waals surface area contributed by atoms with Gasteiger partial charge >= 0.3 is 0 Å². The zero-order valence-corrected chi connectivity index (χ0v) is 12.1. The van der Waals surface area contributed by atoms with Gasteiger partial charge in [-0.2, -0.15) is 0 Å². The van der Waals surface area contributed by atoms with Crippen LogP contribution >= 0.6 is 0 Å². The van der Waals surface area contributed by atoms with E-state index in [-0.39, 0.29) is 5.91 Å². The van der Waals surface area contributed by atoms with Crippen molar-refractivity contribution in [3.63, 3.8) is 0 Å². The van der Waals surface area contributed by atoms with E-state index in [0.29, 0.717) is 18.2 Å². The number of nitrogens with zero attached hydrogens (tertiary/aromatic N) is 2. The molecule has 106 valence electrons. The fourth-order valence-electron chi connectivity index (χ4n) is 1.52. The van der Waals surface area contributed by atoms with Crippen LogP contribution in [0.2, 0.25) is 0 Å². The van der Waals surface area contributed by atoms with Crippen molar-refractivity contribution < 1.29 is 4.79 Å². The summed E-state index contributed by atoms with van der Waals surface area (Å²) in [6, 6.07) is 0. The minimum absolute atomic E-state index is 0.168. The Morgan fingerprint density at radius 1 is 1.26 bits per heavy atom. The Hall–Kier alpha value is -1.65. The molecule has 0 aromatic carbocycles. The Balaban J connectivity index is 2.40. The van der Waals surface area contributed by atoms with E-state index < -0.39 is 0 Å². The van der Waals surface area contributed by atoms with Gasteiger partial charge in [0.1, 0.15) is 11.5 Å². The maximum absolute atomic E-state index is 11.7. The zero-order chi connectivity index (χ0) is 14.1. The summed E-state index contributed by atoms with van der Waals surface area (Å²) in [4.78, 5) is 20.0. The number of anilines is 1. The van der Waals surface area contributed by atoms with E-state index in [1.54, 1.807) is 6.20 Å². The van der Waals surface area contributed by atoms with Gasteiger partial charge in [0.2, 0.25) is 0 Å². The molecule has 1 heterocycles. The molecule has 0 saturated heterocycles. The largest absolute Gasteiger partial charge is 0.369 e. The van der Waals surface area contributed by atoms with Crippen LogP contribution < -0.4 is 10.6 Å². The minimum atomic E-state index is -0.168. The first-order valence-corrected chi connectivity index (χ1v) is 6.97. The molecule has 5 nitrogen and oxygen atoms in total. The number of hydrogen-bond donors (Lipinski definition) is 2. The summed E-state index contributed by atoms with van der Waals surface area (Å²) in [6.45, 7) is 7.81. The van der Waals surface area contributed by atoms with Gasteiger partial charge in [-0.15, -0.1) is 0 Å². The van der Waals surface area contributed by atoms with Crippen molar-refractivity contribution in [2.24, 2.45) is 5.92 Å². The molecule has 1 aromatic rings. The third-order valence-electron chi connectivity index (χ3n) is 2.64. The summed E-state index contributed by atoms with van der Waals surface area (Å²) in [7, 11) is 0. The molecular formula is C14H24N4O. The maximum atomic E-state index is 11.7. The predicted molar refractivity (Wildman–Crippen MR) is 77.2 cm³/mol. The number of carbonyl (C=O) groups is 1. The van der Waals surface area contributed by atoms with Gasteiger partial charge in [0.15, 0.2) is 0 Å². The molecular weight excluding hydrogens is 240 g/mol. The van der Waals surface area contributed by atoms with Crippen LogP contribution in [0.1, 0.15) is 50.5 Å². The number of hydrogen-bond acceptors (Lipinski definition) is 4. The molecule has 1 aromatic heterocycles. The Morgan fingerprint density at radius 2 is 2.05 bits per heavy atom. The second-order valence-electron chi connectivity index (χ2n) is 5.02. The topological polar surface area (TPSA) is 66.9 Å². The average molecular weight is 264 g/mol. The first-order valence-electron chi connectivity index (χ1n) is 6.97. The van der Waals surface area contributed by atoms with Gasteiger partial charge in [-0.25, -0.2) is 9.97 Å². The molecule has 19 heavy (non-hydrogen) atoms. The lowest BCUT2D eigenvalue weighted by atomic mass is 10.2. The molecule has 0 aliphatic carbocycles. The Morgan fingerprint density at radius 3 is 2.63 bits per heavy atom. The highest BCUT2D eigenvalue weighted by Gasteiger charge is 2.07. The van der Waals surface area contributed by atoms with E-state index in [2.05, 4.69) is 41.4 Å². The van der Waals surface area contributed by atoms with Crippen molar-refractivity contribution in [2.75, 3.05) is 18.4 Å². The number of amides is 1. The molecule has 0 bridgehead atoms. The lowest BCUT2D eigenvalue weighted by molar-refractivity contribution is 0.0943. The smallest absolute Gasteiger partial charge is 0.271 e. The molecule has 5 heteroatoms. The van der Waals surface area contributed by atoms with Crippen LogP contribution in [0.15, 0.2) is 12.4 Å². The number of unbranched alkanes of at least 4 members (excludes halogenated alkanes) is 2. The molecule has 0 atom stereocenters. The van der Waals surface area contributed by atoms with E-state index in [1.165, 1.54) is 19.0 Å². The van der Waals surface area contributed by atoms with Gasteiger partial charge in [-0.1, -0.05) is 33.6 Å². The van der Waals surface area contributed by atoms with E-state index in [0.717, 1.165) is 18.8 Å². The molecule has 0 fully saturated rings. The van der Waals surface area contributed by atoms with E-state index in [1.807, 2.05) is 0 Å². The lowest BCUT2D eigenvalue weighted by Gasteiger charge is -2.08. The fourth-order valence-corrected chi connectivity index (χ4v) is 1.52. The Kier molecular flexibility index (Phi) is 6.85. The van der Waals surface area contributed by atoms with E-state index >= 15 is 0 Å². The van der Waals surface area contributed by atoms with Gasteiger partial charge in [-0.05, 0) is 12.3 Å². The number of nitrogens with one attached hydrogen (secondary N) is 2. The Bertz CT molecular complexity index is 376. The van der Waals surface area contributed by atoms with Crippen molar-refractivity contribution in [3.8, 4) is 0 Å². The predicted octanol–water partition coefficient (Wildman–Crippen LogP) is 2.46. The molecule has 0 aliphatic rings. The molecule has 0 spiro atoms. The number of carbonyl (C=O) groups excluding carboxylic acids is 1. The second-order valence-corrected chi connectivity index (χ2v) is 5.02. The molecule has 1 amide bonds. The van der Waals surface area contributed by atoms with Gasteiger partial charge in [0.25, 0.3) is 5.91 Å². The molecule has 0 saturated carbocycles. The highest BCUT2D eigenvalue weighted by molar-refractivity contribution is 5.91. The molecule has 2 N–H and O–H groups in total. The minimum Gasteiger partial charge on any atom is -0.369 e. The second kappa shape index (κ2) is 8.45. The summed E-state index contributed by atoms with van der Waals surface area (Å²) in [6.07, 6.45) is 6.64. The number of rotatable bonds is 8. The van der Waals surface area contributed by atoms with Crippen molar-refractivity contribution in [3.05, 3.63) is 18.1 Å². The van der Waals surface area contributed by atoms with Crippen LogP contribution in [0.3, 0.4) is 0 Å². The van der Waals surface area contributed by atoms with E-state index in [9.17, 15) is 4.79 Å². The molecule has 0 aliphatic heterocycles. The van der Waals surface area contributed by atoms with Crippen molar-refractivity contribution in [2.45, 2.75) is 40.0 Å². The summed E-state index contributed by atoms with van der Waals surface area (Å²) < 4.78 is 0. The Labute approximate surface area is 115 Å². The van der Waals surface area contributed by atoms with Gasteiger partial charge in [0.05, 0.1) is 12.4 Å². The van der Waals surface area contributed by atoms with Crippen LogP contribution in [0.4, 0.5) is 5.82 Å². The third-order valence-corrected chi connectivity index (χ3v) is 2.64. The highest BCUT2D eigenvalue weighted by Crippen LogP contribution is 2.02. The fraction of sp³-hybridized carbons (Fsp3) is 0.643. The van der Waals surface area contributed by atoms with Crippen LogP contribution in [0.25, 0.3) is 0 Å². The molecule has 0 unspecified atom stereocenters. The van der Waals surface area contributed by atoms with Gasteiger partial charge in [0, 0.05) is 13.1 Å². The van der Waals surface area contributed by atoms with Crippen LogP contribution in [0, 0.1) is 5.92 Å². The van der Waals surface area contributed by atoms with Gasteiger partial charge in [-0.3, -0.25) is 4.79 Å². The summed E-state index contributed by atoms with van der Waals surface area (Å²) in [5.41, 5.74) is 0.361. The summed E-state index contributed by atoms with van der Waals surface area (Å²) in [5, 5.41) is 6.01. The normalized spacial score (nSPS) is 10.5. The van der Waals surface area contributed by atoms with Gasteiger partial charge < -0.3 is 10.6 Å². The summed E-state index contributed by atoms with van der Waals surface area (Å²) >= 11 is 0. The van der Waals surface area contributed by atoms with Crippen molar-refractivity contribution in [1.29, 1.82) is 0 Å². The van der Waals surface area contributed by atoms with E-state index in [4.69, 9.17) is 0 Å². The average Bonchev–Trinajstić information content (AvgIpc) is 2.41. The van der Waals surface area contributed by atoms with Crippen LogP contribution in [0.5, 0.6) is 0 Å². The third kappa shape index (κ3) is 6.18. The standard InChI is InChI=1S/C14H24N4O/c1-4-5-6-7-15-13-10-16-12(9-17-13)14(19)18-8-11(2)3/h9-11H,4-8H2,1-3H3,(H,15,17)(H,18,19). The SMILES string of the molecule is CCCCCNc1cnc(C(=O)NCC(C)C)cn1. The molecule has 0 radical (unpaired) electrons. The summed E-state index contributed by atoms with van der Waals surface area (Å²) in [5.74, 6) is 0.978. The molecule has 1 rings (SSSR count).